The minimum atomic E-state index is -0.989. The average molecular weight is 251 g/mol. The van der Waals surface area contributed by atoms with Gasteiger partial charge in [-0.05, 0) is 19.1 Å². The fourth-order valence-corrected chi connectivity index (χ4v) is 1.11. The molecule has 1 aromatic rings. The van der Waals surface area contributed by atoms with Crippen molar-refractivity contribution in [1.82, 2.24) is 5.32 Å². The van der Waals surface area contributed by atoms with Crippen LogP contribution < -0.4 is 5.32 Å². The third kappa shape index (κ3) is 4.65. The van der Waals surface area contributed by atoms with Gasteiger partial charge in [0.05, 0.1) is 12.2 Å². The van der Waals surface area contributed by atoms with Gasteiger partial charge >= 0.3 is 18.0 Å². The summed E-state index contributed by atoms with van der Waals surface area (Å²) < 4.78 is 9.06. The van der Waals surface area contributed by atoms with Gasteiger partial charge in [0.15, 0.2) is 0 Å². The van der Waals surface area contributed by atoms with E-state index in [0.29, 0.717) is 0 Å². The standard InChI is InChI=1S/C12H13NO5/c1-2-17-10(14)8-13-12(16)18-11(15)9-6-4-3-5-7-9/h3-7H,2,8H2,1H3,(H,13,16). The first-order valence-corrected chi connectivity index (χ1v) is 5.34. The molecule has 1 N–H and O–H groups in total. The van der Waals surface area contributed by atoms with Gasteiger partial charge in [-0.15, -0.1) is 0 Å². The SMILES string of the molecule is CCOC(=O)CNC(=O)OC(=O)c1ccccc1. The lowest BCUT2D eigenvalue weighted by Gasteiger charge is -2.05. The number of rotatable bonds is 4. The molecule has 0 saturated heterocycles. The number of amides is 1. The molecule has 6 heteroatoms. The summed E-state index contributed by atoms with van der Waals surface area (Å²) in [6.07, 6.45) is -0.989. The van der Waals surface area contributed by atoms with E-state index in [-0.39, 0.29) is 18.7 Å². The molecular formula is C12H13NO5. The molecule has 6 nitrogen and oxygen atoms in total. The first-order valence-electron chi connectivity index (χ1n) is 5.34. The largest absolute Gasteiger partial charge is 0.465 e. The summed E-state index contributed by atoms with van der Waals surface area (Å²) in [4.78, 5) is 33.5. The van der Waals surface area contributed by atoms with Crippen LogP contribution >= 0.6 is 0 Å². The van der Waals surface area contributed by atoms with Crippen molar-refractivity contribution in [3.05, 3.63) is 35.9 Å². The molecule has 0 aliphatic heterocycles. The summed E-state index contributed by atoms with van der Waals surface area (Å²) >= 11 is 0. The van der Waals surface area contributed by atoms with E-state index in [9.17, 15) is 14.4 Å². The van der Waals surface area contributed by atoms with Gasteiger partial charge in [0.25, 0.3) is 0 Å². The van der Waals surface area contributed by atoms with Gasteiger partial charge in [-0.25, -0.2) is 9.59 Å². The van der Waals surface area contributed by atoms with Crippen LogP contribution in [0.3, 0.4) is 0 Å². The molecule has 0 saturated carbocycles. The second-order valence-electron chi connectivity index (χ2n) is 3.20. The van der Waals surface area contributed by atoms with E-state index >= 15 is 0 Å². The van der Waals surface area contributed by atoms with Crippen molar-refractivity contribution < 1.29 is 23.9 Å². The van der Waals surface area contributed by atoms with Crippen LogP contribution in [-0.4, -0.2) is 31.2 Å². The Morgan fingerprint density at radius 1 is 1.17 bits per heavy atom. The van der Waals surface area contributed by atoms with Gasteiger partial charge in [-0.3, -0.25) is 4.79 Å². The second kappa shape index (κ2) is 7.05. The zero-order valence-electron chi connectivity index (χ0n) is 9.84. The average Bonchev–Trinajstić information content (AvgIpc) is 2.38. The van der Waals surface area contributed by atoms with Gasteiger partial charge < -0.3 is 14.8 Å². The minimum absolute atomic E-state index is 0.221. The number of hydrogen-bond acceptors (Lipinski definition) is 5. The topological polar surface area (TPSA) is 81.7 Å². The summed E-state index contributed by atoms with van der Waals surface area (Å²) in [6, 6.07) is 8.06. The number of benzene rings is 1. The number of nitrogens with one attached hydrogen (secondary N) is 1. The van der Waals surface area contributed by atoms with E-state index in [1.54, 1.807) is 25.1 Å². The highest BCUT2D eigenvalue weighted by Gasteiger charge is 2.13. The van der Waals surface area contributed by atoms with E-state index < -0.39 is 18.0 Å². The Morgan fingerprint density at radius 2 is 1.83 bits per heavy atom. The summed E-state index contributed by atoms with van der Waals surface area (Å²) in [5.41, 5.74) is 0.254. The Balaban J connectivity index is 2.37. The molecule has 96 valence electrons. The normalized spacial score (nSPS) is 9.39. The summed E-state index contributed by atoms with van der Waals surface area (Å²) in [7, 11) is 0. The van der Waals surface area contributed by atoms with Gasteiger partial charge in [0, 0.05) is 0 Å². The van der Waals surface area contributed by atoms with E-state index in [0.717, 1.165) is 0 Å². The molecule has 0 radical (unpaired) electrons. The first kappa shape index (κ1) is 13.7. The molecule has 0 spiro atoms. The molecule has 1 amide bonds. The van der Waals surface area contributed by atoms with E-state index in [2.05, 4.69) is 14.8 Å². The molecule has 18 heavy (non-hydrogen) atoms. The Morgan fingerprint density at radius 3 is 2.44 bits per heavy atom. The first-order chi connectivity index (χ1) is 8.63. The van der Waals surface area contributed by atoms with Crippen LogP contribution in [0.15, 0.2) is 30.3 Å². The van der Waals surface area contributed by atoms with E-state index in [1.165, 1.54) is 12.1 Å². The van der Waals surface area contributed by atoms with Crippen molar-refractivity contribution in [3.63, 3.8) is 0 Å². The number of alkyl carbamates (subject to hydrolysis) is 1. The van der Waals surface area contributed by atoms with Crippen LogP contribution in [0, 0.1) is 0 Å². The molecule has 0 fully saturated rings. The molecule has 0 bridgehead atoms. The Kier molecular flexibility index (Phi) is 5.37. The quantitative estimate of drug-likeness (QED) is 0.640. The second-order valence-corrected chi connectivity index (χ2v) is 3.20. The van der Waals surface area contributed by atoms with Gasteiger partial charge in [-0.1, -0.05) is 18.2 Å². The zero-order valence-corrected chi connectivity index (χ0v) is 9.84. The number of hydrogen-bond donors (Lipinski definition) is 1. The fourth-order valence-electron chi connectivity index (χ4n) is 1.11. The van der Waals surface area contributed by atoms with E-state index in [4.69, 9.17) is 0 Å². The highest BCUT2D eigenvalue weighted by Crippen LogP contribution is 2.00. The molecule has 0 atom stereocenters. The van der Waals surface area contributed by atoms with Crippen LogP contribution in [0.5, 0.6) is 0 Å². The van der Waals surface area contributed by atoms with Crippen molar-refractivity contribution in [2.24, 2.45) is 0 Å². The predicted octanol–water partition coefficient (Wildman–Crippen LogP) is 1.12. The molecule has 0 aliphatic rings. The summed E-state index contributed by atoms with van der Waals surface area (Å²) in [5, 5.41) is 2.11. The maximum atomic E-state index is 11.4. The number of carbonyl (C=O) groups is 3. The maximum Gasteiger partial charge on any atom is 0.415 e. The van der Waals surface area contributed by atoms with Crippen LogP contribution in [0.2, 0.25) is 0 Å². The van der Waals surface area contributed by atoms with Crippen molar-refractivity contribution in [2.75, 3.05) is 13.2 Å². The molecule has 0 heterocycles. The van der Waals surface area contributed by atoms with Crippen LogP contribution in [0.25, 0.3) is 0 Å². The summed E-state index contributed by atoms with van der Waals surface area (Å²) in [5.74, 6) is -1.38. The Labute approximate surface area is 104 Å². The van der Waals surface area contributed by atoms with Gasteiger partial charge in [-0.2, -0.15) is 0 Å². The minimum Gasteiger partial charge on any atom is -0.465 e. The smallest absolute Gasteiger partial charge is 0.415 e. The molecular weight excluding hydrogens is 238 g/mol. The van der Waals surface area contributed by atoms with Crippen LogP contribution in [0.4, 0.5) is 4.79 Å². The summed E-state index contributed by atoms with van der Waals surface area (Å²) in [6.45, 7) is 1.53. The van der Waals surface area contributed by atoms with Crippen molar-refractivity contribution in [2.45, 2.75) is 6.92 Å². The Bertz CT molecular complexity index is 429. The molecule has 1 rings (SSSR count). The predicted molar refractivity (Wildman–Crippen MR) is 61.9 cm³/mol. The molecule has 0 aliphatic carbocycles. The Hall–Kier alpha value is -2.37. The lowest BCUT2D eigenvalue weighted by Crippen LogP contribution is -2.32. The fraction of sp³-hybridized carbons (Fsp3) is 0.250. The van der Waals surface area contributed by atoms with Crippen molar-refractivity contribution >= 4 is 18.0 Å². The van der Waals surface area contributed by atoms with Crippen molar-refractivity contribution in [3.8, 4) is 0 Å². The third-order valence-corrected chi connectivity index (χ3v) is 1.88. The third-order valence-electron chi connectivity index (χ3n) is 1.88. The van der Waals surface area contributed by atoms with Crippen molar-refractivity contribution in [1.29, 1.82) is 0 Å². The van der Waals surface area contributed by atoms with Gasteiger partial charge in [0.2, 0.25) is 0 Å². The monoisotopic (exact) mass is 251 g/mol. The number of ether oxygens (including phenoxy) is 2. The van der Waals surface area contributed by atoms with Crippen LogP contribution in [-0.2, 0) is 14.3 Å². The maximum absolute atomic E-state index is 11.4. The van der Waals surface area contributed by atoms with Gasteiger partial charge in [0.1, 0.15) is 6.54 Å². The highest BCUT2D eigenvalue weighted by molar-refractivity contribution is 5.96. The zero-order chi connectivity index (χ0) is 13.4. The number of esters is 2. The molecule has 0 unspecified atom stereocenters. The van der Waals surface area contributed by atoms with E-state index in [1.807, 2.05) is 0 Å². The lowest BCUT2D eigenvalue weighted by atomic mass is 10.2. The molecule has 1 aromatic carbocycles. The number of carbonyl (C=O) groups excluding carboxylic acids is 3. The lowest BCUT2D eigenvalue weighted by molar-refractivity contribution is -0.141. The highest BCUT2D eigenvalue weighted by atomic mass is 16.6. The molecule has 0 aromatic heterocycles. The van der Waals surface area contributed by atoms with Crippen LogP contribution in [0.1, 0.15) is 17.3 Å².